The lowest BCUT2D eigenvalue weighted by molar-refractivity contribution is 0.175. The van der Waals surface area contributed by atoms with Crippen LogP contribution in [0.3, 0.4) is 0 Å². The Bertz CT molecular complexity index is 1040. The minimum Gasteiger partial charge on any atom is -0.410 e. The molecule has 0 atom stereocenters. The van der Waals surface area contributed by atoms with E-state index >= 15 is 0 Å². The fraction of sp³-hybridized carbons (Fsp3) is 0.600. The van der Waals surface area contributed by atoms with Gasteiger partial charge in [-0.3, -0.25) is 0 Å². The number of amides is 2. The monoisotopic (exact) mass is 562 g/mol. The summed E-state index contributed by atoms with van der Waals surface area (Å²) in [5.74, 6) is 2.59. The molecule has 2 fully saturated rings. The largest absolute Gasteiger partial charge is 0.412 e. The van der Waals surface area contributed by atoms with E-state index in [2.05, 4.69) is 52.2 Å². The predicted molar refractivity (Wildman–Crippen MR) is 165 cm³/mol. The Morgan fingerprint density at radius 3 is 1.20 bits per heavy atom. The summed E-state index contributed by atoms with van der Waals surface area (Å²) in [6.07, 6.45) is 9.11. The van der Waals surface area contributed by atoms with Gasteiger partial charge >= 0.3 is 12.2 Å². The summed E-state index contributed by atoms with van der Waals surface area (Å²) in [7, 11) is 0. The van der Waals surface area contributed by atoms with Gasteiger partial charge < -0.3 is 20.1 Å². The van der Waals surface area contributed by atoms with Crippen LogP contribution in [-0.4, -0.2) is 24.3 Å². The van der Waals surface area contributed by atoms with Crippen molar-refractivity contribution in [3.8, 4) is 11.5 Å². The maximum absolute atomic E-state index is 12.4. The Morgan fingerprint density at radius 2 is 0.902 bits per heavy atom. The van der Waals surface area contributed by atoms with Crippen LogP contribution in [0.2, 0.25) is 0 Å². The van der Waals surface area contributed by atoms with E-state index in [0.29, 0.717) is 23.3 Å². The van der Waals surface area contributed by atoms with Crippen LogP contribution in [0.5, 0.6) is 11.5 Å². The molecule has 0 radical (unpaired) electrons. The quantitative estimate of drug-likeness (QED) is 0.369. The molecule has 2 aliphatic carbocycles. The van der Waals surface area contributed by atoms with Crippen LogP contribution in [0.4, 0.5) is 9.59 Å². The molecule has 41 heavy (non-hydrogen) atoms. The Morgan fingerprint density at radius 1 is 0.585 bits per heavy atom. The number of carbonyl (C=O) groups is 2. The van der Waals surface area contributed by atoms with Gasteiger partial charge in [-0.15, -0.1) is 0 Å². The molecule has 2 aromatic rings. The zero-order valence-electron chi connectivity index (χ0n) is 25.9. The van der Waals surface area contributed by atoms with E-state index in [1.165, 1.54) is 17.5 Å². The molecular formula is C35H50N2O4. The van der Waals surface area contributed by atoms with Crippen LogP contribution in [-0.2, 0) is 10.8 Å². The molecule has 0 saturated heterocycles. The lowest BCUT2D eigenvalue weighted by Crippen LogP contribution is -2.40. The fourth-order valence-electron chi connectivity index (χ4n) is 6.21. The molecular weight excluding hydrogens is 512 g/mol. The average Bonchev–Trinajstić information content (AvgIpc) is 2.90. The fourth-order valence-corrected chi connectivity index (χ4v) is 6.21. The zero-order valence-corrected chi connectivity index (χ0v) is 25.9. The van der Waals surface area contributed by atoms with Crippen molar-refractivity contribution in [3.05, 3.63) is 59.7 Å². The van der Waals surface area contributed by atoms with Crippen LogP contribution in [0.1, 0.15) is 110 Å². The first-order valence-corrected chi connectivity index (χ1v) is 15.5. The molecule has 6 nitrogen and oxygen atoms in total. The Hall–Kier alpha value is -3.02. The molecule has 4 rings (SSSR count). The van der Waals surface area contributed by atoms with Crippen molar-refractivity contribution < 1.29 is 19.1 Å². The van der Waals surface area contributed by atoms with Crippen molar-refractivity contribution in [1.82, 2.24) is 10.6 Å². The van der Waals surface area contributed by atoms with E-state index in [0.717, 1.165) is 51.4 Å². The normalized spacial score (nSPS) is 23.4. The SMILES string of the molecule is CC(C)(C)c1ccc(OC(=O)NC2CCC(CC3CCC(NC(=O)Oc4ccc(C(C)(C)C)cc4)CC3)CC2)cc1. The van der Waals surface area contributed by atoms with Crippen molar-refractivity contribution in [2.75, 3.05) is 0 Å². The molecule has 0 aliphatic heterocycles. The van der Waals surface area contributed by atoms with Gasteiger partial charge in [-0.2, -0.15) is 0 Å². The summed E-state index contributed by atoms with van der Waals surface area (Å²) in [6.45, 7) is 13.0. The predicted octanol–water partition coefficient (Wildman–Crippen LogP) is 8.67. The topological polar surface area (TPSA) is 76.7 Å². The second-order valence-electron chi connectivity index (χ2n) is 14.3. The third-order valence-electron chi connectivity index (χ3n) is 8.87. The highest BCUT2D eigenvalue weighted by atomic mass is 16.6. The van der Waals surface area contributed by atoms with Crippen molar-refractivity contribution in [3.63, 3.8) is 0 Å². The number of hydrogen-bond donors (Lipinski definition) is 2. The molecule has 0 unspecified atom stereocenters. The highest BCUT2D eigenvalue weighted by Crippen LogP contribution is 2.35. The molecule has 2 saturated carbocycles. The van der Waals surface area contributed by atoms with Crippen LogP contribution >= 0.6 is 0 Å². The third-order valence-corrected chi connectivity index (χ3v) is 8.87. The van der Waals surface area contributed by atoms with E-state index < -0.39 is 0 Å². The van der Waals surface area contributed by atoms with E-state index in [9.17, 15) is 9.59 Å². The molecule has 0 spiro atoms. The summed E-state index contributed by atoms with van der Waals surface area (Å²) in [4.78, 5) is 24.9. The maximum Gasteiger partial charge on any atom is 0.412 e. The lowest BCUT2D eigenvalue weighted by atomic mass is 9.76. The molecule has 2 aliphatic rings. The standard InChI is InChI=1S/C35H50N2O4/c1-34(2,3)26-11-19-30(20-12-26)40-32(38)36-28-15-7-24(8-16-28)23-25-9-17-29(18-10-25)37-33(39)41-31-21-13-27(14-22-31)35(4,5)6/h11-14,19-22,24-25,28-29H,7-10,15-18,23H2,1-6H3,(H,36,38)(H,37,39). The Kier molecular flexibility index (Phi) is 10.0. The van der Waals surface area contributed by atoms with E-state index in [4.69, 9.17) is 9.47 Å². The van der Waals surface area contributed by atoms with Crippen molar-refractivity contribution in [2.24, 2.45) is 11.8 Å². The first-order chi connectivity index (χ1) is 19.3. The summed E-state index contributed by atoms with van der Waals surface area (Å²) < 4.78 is 11.1. The number of nitrogens with one attached hydrogen (secondary N) is 2. The highest BCUT2D eigenvalue weighted by molar-refractivity contribution is 5.71. The molecule has 224 valence electrons. The van der Waals surface area contributed by atoms with Gasteiger partial charge in [0.15, 0.2) is 0 Å². The molecule has 2 amide bonds. The molecule has 0 aromatic heterocycles. The van der Waals surface area contributed by atoms with Gasteiger partial charge in [0.2, 0.25) is 0 Å². The van der Waals surface area contributed by atoms with E-state index in [1.54, 1.807) is 0 Å². The number of benzene rings is 2. The minimum atomic E-state index is -0.358. The smallest absolute Gasteiger partial charge is 0.410 e. The van der Waals surface area contributed by atoms with Crippen molar-refractivity contribution in [1.29, 1.82) is 0 Å². The van der Waals surface area contributed by atoms with Gasteiger partial charge in [0.1, 0.15) is 11.5 Å². The number of ether oxygens (including phenoxy) is 2. The second kappa shape index (κ2) is 13.3. The molecule has 0 bridgehead atoms. The zero-order chi connectivity index (χ0) is 29.6. The van der Waals surface area contributed by atoms with Gasteiger partial charge in [-0.1, -0.05) is 65.8 Å². The lowest BCUT2D eigenvalue weighted by Gasteiger charge is -2.34. The Labute approximate surface area is 247 Å². The first-order valence-electron chi connectivity index (χ1n) is 15.5. The maximum atomic E-state index is 12.4. The van der Waals surface area contributed by atoms with Gasteiger partial charge in [-0.05, 0) is 116 Å². The van der Waals surface area contributed by atoms with Crippen LogP contribution in [0.15, 0.2) is 48.5 Å². The second-order valence-corrected chi connectivity index (χ2v) is 14.3. The first kappa shape index (κ1) is 30.9. The summed E-state index contributed by atoms with van der Waals surface area (Å²) in [5.41, 5.74) is 2.58. The molecule has 0 heterocycles. The summed E-state index contributed by atoms with van der Waals surface area (Å²) >= 11 is 0. The van der Waals surface area contributed by atoms with Gasteiger partial charge in [-0.25, -0.2) is 9.59 Å². The Balaban J connectivity index is 1.10. The summed E-state index contributed by atoms with van der Waals surface area (Å²) in [5, 5.41) is 6.15. The number of hydrogen-bond acceptors (Lipinski definition) is 4. The van der Waals surface area contributed by atoms with E-state index in [1.807, 2.05) is 48.5 Å². The summed E-state index contributed by atoms with van der Waals surface area (Å²) in [6, 6.07) is 15.9. The van der Waals surface area contributed by atoms with Gasteiger partial charge in [0.05, 0.1) is 0 Å². The van der Waals surface area contributed by atoms with Crippen LogP contribution < -0.4 is 20.1 Å². The van der Waals surface area contributed by atoms with E-state index in [-0.39, 0.29) is 35.1 Å². The van der Waals surface area contributed by atoms with Crippen LogP contribution in [0.25, 0.3) is 0 Å². The highest BCUT2D eigenvalue weighted by Gasteiger charge is 2.28. The number of rotatable bonds is 6. The minimum absolute atomic E-state index is 0.0728. The molecule has 6 heteroatoms. The van der Waals surface area contributed by atoms with Gasteiger partial charge in [0.25, 0.3) is 0 Å². The van der Waals surface area contributed by atoms with Crippen molar-refractivity contribution >= 4 is 12.2 Å². The molecule has 2 N–H and O–H groups in total. The number of carbonyl (C=O) groups excluding carboxylic acids is 2. The van der Waals surface area contributed by atoms with Gasteiger partial charge in [0, 0.05) is 12.1 Å². The third kappa shape index (κ3) is 9.51. The van der Waals surface area contributed by atoms with Crippen molar-refractivity contribution in [2.45, 2.75) is 122 Å². The molecule has 2 aromatic carbocycles. The van der Waals surface area contributed by atoms with Crippen LogP contribution in [0, 0.1) is 11.8 Å². The average molecular weight is 563 g/mol.